The monoisotopic (exact) mass is 928 g/mol. The van der Waals surface area contributed by atoms with Crippen LogP contribution in [0.2, 0.25) is 0 Å². The molecule has 4 N–H and O–H groups in total. The second kappa shape index (κ2) is 22.2. The Morgan fingerprint density at radius 3 is 2.28 bits per heavy atom. The number of hydrogen-bond acceptors (Lipinski definition) is 12. The Labute approximate surface area is 397 Å². The fraction of sp³-hybridized carbons (Fsp3) is 0.446. The van der Waals surface area contributed by atoms with Crippen molar-refractivity contribution in [1.29, 1.82) is 0 Å². The minimum Gasteiger partial charge on any atom is -0.483 e. The molecule has 12 nitrogen and oxygen atoms in total. The molecule has 5 aromatic rings. The van der Waals surface area contributed by atoms with Gasteiger partial charge in [-0.1, -0.05) is 91.7 Å². The fourth-order valence-electron chi connectivity index (χ4n) is 10.8. The highest BCUT2D eigenvalue weighted by atomic mass is 16.6. The molecule has 0 spiro atoms. The van der Waals surface area contributed by atoms with Gasteiger partial charge in [0.15, 0.2) is 12.2 Å². The third kappa shape index (κ3) is 10.8. The number of aliphatic hydroxyl groups is 4. The van der Waals surface area contributed by atoms with Crippen molar-refractivity contribution in [3.63, 3.8) is 0 Å². The topological polar surface area (TPSA) is 182 Å². The summed E-state index contributed by atoms with van der Waals surface area (Å²) in [6.07, 6.45) is 4.55. The third-order valence-corrected chi connectivity index (χ3v) is 14.5. The summed E-state index contributed by atoms with van der Waals surface area (Å²) in [5, 5.41) is 41.1. The molecule has 5 unspecified atom stereocenters. The van der Waals surface area contributed by atoms with Crippen molar-refractivity contribution >= 4 is 22.9 Å². The van der Waals surface area contributed by atoms with Crippen molar-refractivity contribution in [2.24, 2.45) is 11.8 Å². The number of benzene rings is 4. The maximum absolute atomic E-state index is 14.9. The minimum absolute atomic E-state index is 0.00151. The van der Waals surface area contributed by atoms with Crippen LogP contribution in [0.25, 0.3) is 11.0 Å². The van der Waals surface area contributed by atoms with Gasteiger partial charge in [-0.15, -0.1) is 0 Å². The van der Waals surface area contributed by atoms with Crippen molar-refractivity contribution in [3.05, 3.63) is 157 Å². The molecule has 2 bridgehead atoms. The van der Waals surface area contributed by atoms with E-state index in [1.54, 1.807) is 19.1 Å². The van der Waals surface area contributed by atoms with Crippen molar-refractivity contribution in [2.45, 2.75) is 121 Å². The summed E-state index contributed by atoms with van der Waals surface area (Å²) in [7, 11) is 0. The van der Waals surface area contributed by atoms with Gasteiger partial charge in [0.2, 0.25) is 0 Å². The van der Waals surface area contributed by atoms with Crippen LogP contribution in [0.5, 0.6) is 5.75 Å². The normalized spacial score (nSPS) is 22.5. The van der Waals surface area contributed by atoms with Crippen LogP contribution in [0.1, 0.15) is 122 Å². The first-order valence-corrected chi connectivity index (χ1v) is 24.1. The van der Waals surface area contributed by atoms with E-state index in [0.717, 1.165) is 49.7 Å². The molecular weight excluding hydrogens is 865 g/mol. The Kier molecular flexibility index (Phi) is 15.9. The number of aryl methyl sites for hydroxylation is 2. The summed E-state index contributed by atoms with van der Waals surface area (Å²) in [6.45, 7) is 1.59. The summed E-state index contributed by atoms with van der Waals surface area (Å²) in [5.74, 6) is -1.92. The Bertz CT molecular complexity index is 2630. The van der Waals surface area contributed by atoms with E-state index in [0.29, 0.717) is 35.8 Å². The van der Waals surface area contributed by atoms with Crippen molar-refractivity contribution in [3.8, 4) is 5.75 Å². The molecule has 1 aromatic heterocycles. The van der Waals surface area contributed by atoms with E-state index in [4.69, 9.17) is 23.4 Å². The predicted octanol–water partition coefficient (Wildman–Crippen LogP) is 8.28. The van der Waals surface area contributed by atoms with Crippen molar-refractivity contribution in [1.82, 2.24) is 0 Å². The van der Waals surface area contributed by atoms with Crippen LogP contribution in [-0.2, 0) is 56.1 Å². The van der Waals surface area contributed by atoms with Crippen LogP contribution < -0.4 is 10.4 Å². The molecule has 1 fully saturated rings. The first kappa shape index (κ1) is 48.8. The van der Waals surface area contributed by atoms with Gasteiger partial charge in [0.25, 0.3) is 0 Å². The molecule has 12 heteroatoms. The van der Waals surface area contributed by atoms with E-state index < -0.39 is 54.7 Å². The summed E-state index contributed by atoms with van der Waals surface area (Å²) in [5.41, 5.74) is 4.90. The summed E-state index contributed by atoms with van der Waals surface area (Å²) in [6, 6.07) is 30.6. The largest absolute Gasteiger partial charge is 0.483 e. The van der Waals surface area contributed by atoms with E-state index >= 15 is 0 Å². The number of carbonyl (C=O) groups is 2. The van der Waals surface area contributed by atoms with Gasteiger partial charge in [-0.3, -0.25) is 4.79 Å². The summed E-state index contributed by atoms with van der Waals surface area (Å²) < 4.78 is 31.9. The zero-order valence-corrected chi connectivity index (χ0v) is 39.1. The Balaban J connectivity index is 1.24. The number of esters is 2. The number of hydrogen-bond donors (Lipinski definition) is 4. The Morgan fingerprint density at radius 2 is 1.56 bits per heavy atom. The zero-order valence-electron chi connectivity index (χ0n) is 39.1. The van der Waals surface area contributed by atoms with E-state index in [1.165, 1.54) is 16.7 Å². The molecule has 9 rings (SSSR count). The van der Waals surface area contributed by atoms with E-state index in [2.05, 4.69) is 60.7 Å². The first-order chi connectivity index (χ1) is 33.0. The highest BCUT2D eigenvalue weighted by Crippen LogP contribution is 2.52. The molecule has 1 aliphatic carbocycles. The van der Waals surface area contributed by atoms with Crippen molar-refractivity contribution < 1.29 is 53.4 Å². The summed E-state index contributed by atoms with van der Waals surface area (Å²) in [4.78, 5) is 43.9. The average molecular weight is 929 g/mol. The highest BCUT2D eigenvalue weighted by Gasteiger charge is 2.57. The maximum Gasteiger partial charge on any atom is 0.340 e. The molecule has 5 atom stereocenters. The molecule has 0 saturated heterocycles. The van der Waals surface area contributed by atoms with Gasteiger partial charge in [0.05, 0.1) is 25.4 Å². The van der Waals surface area contributed by atoms with Crippen LogP contribution in [0.15, 0.2) is 111 Å². The fourth-order valence-corrected chi connectivity index (χ4v) is 10.8. The minimum atomic E-state index is -1.33. The predicted molar refractivity (Wildman–Crippen MR) is 256 cm³/mol. The first-order valence-electron chi connectivity index (χ1n) is 24.1. The van der Waals surface area contributed by atoms with Crippen LogP contribution >= 0.6 is 0 Å². The van der Waals surface area contributed by atoms with Crippen LogP contribution in [-0.4, -0.2) is 70.7 Å². The molecule has 4 aliphatic rings. The van der Waals surface area contributed by atoms with Gasteiger partial charge >= 0.3 is 17.6 Å². The lowest BCUT2D eigenvalue weighted by atomic mass is 9.76. The molecule has 1 saturated carbocycles. The van der Waals surface area contributed by atoms with Crippen molar-refractivity contribution in [2.75, 3.05) is 26.6 Å². The summed E-state index contributed by atoms with van der Waals surface area (Å²) >= 11 is 0. The molecule has 4 heterocycles. The average Bonchev–Trinajstić information content (AvgIpc) is 3.90. The van der Waals surface area contributed by atoms with E-state index in [9.17, 15) is 34.8 Å². The SMILES string of the molecule is CC(CO)=C1CCc2ccc(cc2)CC(CCc2cccc(Cc3ccccc3)c2)CC(=O)OC2c3c(ccc4c(CO)c(C(CCO)COCO)c(=O)oc34)OC(C)(C3CCCC3)C2OC1=O. The number of rotatable bonds is 14. The Hall–Kier alpha value is -5.63. The molecule has 3 aliphatic heterocycles. The molecule has 0 radical (unpaired) electrons. The Morgan fingerprint density at radius 1 is 0.824 bits per heavy atom. The van der Waals surface area contributed by atoms with Gasteiger partial charge in [-0.25, -0.2) is 9.59 Å². The zero-order chi connectivity index (χ0) is 47.8. The number of aliphatic hydroxyl groups excluding tert-OH is 4. The van der Waals surface area contributed by atoms with Crippen LogP contribution in [0, 0.1) is 11.8 Å². The lowest BCUT2D eigenvalue weighted by Gasteiger charge is -2.48. The quantitative estimate of drug-likeness (QED) is 0.0363. The second-order valence-corrected chi connectivity index (χ2v) is 19.0. The lowest BCUT2D eigenvalue weighted by molar-refractivity contribution is -0.199. The van der Waals surface area contributed by atoms with Gasteiger partial charge in [-0.05, 0) is 129 Å². The smallest absolute Gasteiger partial charge is 0.340 e. The molecular formula is C56H64O12. The van der Waals surface area contributed by atoms with Gasteiger partial charge < -0.3 is 43.8 Å². The van der Waals surface area contributed by atoms with E-state index in [-0.39, 0.29) is 78.9 Å². The molecule has 0 amide bonds. The standard InChI is InChI=1S/C56H64O12/c1-35(31-58)44-22-21-36-15-17-39(18-16-36)29-41(20-19-38-11-8-12-40(28-38)27-37-9-4-3-5-10-37)30-48(61)65-52-50-47(68-56(2,43-13-6-7-14-43)53(52)67-54(44)62)24-23-45-46(32-59)49(55(63)66-51(45)50)42(25-26-57)33-64-34-60/h3-5,8-12,15-18,23-24,28,41-43,52-53,57-60H,6-7,13-14,19-22,25-27,29-34H2,1-2H3. The number of ether oxygens (including phenoxy) is 4. The third-order valence-electron chi connectivity index (χ3n) is 14.5. The molecule has 68 heavy (non-hydrogen) atoms. The van der Waals surface area contributed by atoms with Gasteiger partial charge in [0.1, 0.15) is 23.7 Å². The number of carbonyl (C=O) groups excluding carboxylic acids is 2. The van der Waals surface area contributed by atoms with Crippen LogP contribution in [0.3, 0.4) is 0 Å². The van der Waals surface area contributed by atoms with E-state index in [1.807, 2.05) is 25.1 Å². The molecule has 4 aromatic carbocycles. The number of fused-ring (bicyclic) bond motifs is 13. The lowest BCUT2D eigenvalue weighted by Crippen LogP contribution is -2.58. The second-order valence-electron chi connectivity index (χ2n) is 19.0. The molecule has 360 valence electrons. The highest BCUT2D eigenvalue weighted by molar-refractivity contribution is 5.90. The maximum atomic E-state index is 14.9. The van der Waals surface area contributed by atoms with Crippen LogP contribution in [0.4, 0.5) is 0 Å². The van der Waals surface area contributed by atoms with Gasteiger partial charge in [0, 0.05) is 41.4 Å². The van der Waals surface area contributed by atoms with Gasteiger partial charge in [-0.2, -0.15) is 0 Å².